The summed E-state index contributed by atoms with van der Waals surface area (Å²) in [6, 6.07) is 5.14. The van der Waals surface area contributed by atoms with Crippen LogP contribution in [-0.4, -0.2) is 9.59 Å². The smallest absolute Gasteiger partial charge is 0.157 e. The van der Waals surface area contributed by atoms with Crippen LogP contribution in [0.25, 0.3) is 0 Å². The molecule has 3 N–H and O–H groups in total. The van der Waals surface area contributed by atoms with E-state index in [0.717, 1.165) is 11.5 Å². The number of hydrogen-bond acceptors (Lipinski definition) is 6. The van der Waals surface area contributed by atoms with Crippen LogP contribution in [0.1, 0.15) is 5.69 Å². The molecule has 90 valence electrons. The van der Waals surface area contributed by atoms with Gasteiger partial charge in [-0.15, -0.1) is 5.10 Å². The molecule has 17 heavy (non-hydrogen) atoms. The molecule has 0 fully saturated rings. The first-order valence-corrected chi connectivity index (χ1v) is 6.10. The Labute approximate surface area is 112 Å². The number of ether oxygens (including phenoxy) is 1. The maximum Gasteiger partial charge on any atom is 0.157 e. The van der Waals surface area contributed by atoms with Crippen molar-refractivity contribution in [2.45, 2.75) is 6.61 Å². The maximum absolute atomic E-state index is 5.96. The van der Waals surface area contributed by atoms with Gasteiger partial charge in [0, 0.05) is 11.5 Å². The Bertz CT molecular complexity index is 499. The Balaban J connectivity index is 2.13. The van der Waals surface area contributed by atoms with Crippen LogP contribution in [0.15, 0.2) is 18.2 Å². The van der Waals surface area contributed by atoms with Gasteiger partial charge >= 0.3 is 0 Å². The van der Waals surface area contributed by atoms with Crippen LogP contribution in [0, 0.1) is 0 Å². The van der Waals surface area contributed by atoms with E-state index in [2.05, 4.69) is 15.0 Å². The van der Waals surface area contributed by atoms with Gasteiger partial charge in [-0.05, 0) is 12.1 Å². The molecule has 1 aromatic heterocycles. The second kappa shape index (κ2) is 5.50. The quantitative estimate of drug-likeness (QED) is 0.669. The van der Waals surface area contributed by atoms with Crippen molar-refractivity contribution in [3.05, 3.63) is 33.9 Å². The maximum atomic E-state index is 5.96. The molecule has 0 radical (unpaired) electrons. The summed E-state index contributed by atoms with van der Waals surface area (Å²) in [5, 5.41) is 5.42. The van der Waals surface area contributed by atoms with Crippen molar-refractivity contribution >= 4 is 39.7 Å². The lowest BCUT2D eigenvalue weighted by molar-refractivity contribution is 0.302. The molecule has 0 unspecified atom stereocenters. The molecule has 0 aliphatic carbocycles. The molecule has 0 amide bonds. The number of hydrogen-bond donors (Lipinski definition) is 2. The van der Waals surface area contributed by atoms with Crippen molar-refractivity contribution < 1.29 is 4.74 Å². The van der Waals surface area contributed by atoms with Crippen molar-refractivity contribution in [3.8, 4) is 5.75 Å². The van der Waals surface area contributed by atoms with Crippen LogP contribution in [0.4, 0.5) is 5.00 Å². The number of rotatable bonds is 4. The van der Waals surface area contributed by atoms with Crippen molar-refractivity contribution in [2.24, 2.45) is 5.84 Å². The van der Waals surface area contributed by atoms with E-state index >= 15 is 0 Å². The largest absolute Gasteiger partial charge is 0.484 e. The van der Waals surface area contributed by atoms with Crippen molar-refractivity contribution in [1.29, 1.82) is 0 Å². The Hall–Kier alpha value is -1.08. The van der Waals surface area contributed by atoms with E-state index in [0.29, 0.717) is 26.5 Å². The molecule has 0 atom stereocenters. The number of nitrogens with zero attached hydrogens (tertiary/aromatic N) is 2. The SMILES string of the molecule is NNc1snnc1COc1c(Cl)cccc1Cl. The number of para-hydroxylation sites is 1. The second-order valence-corrected chi connectivity index (χ2v) is 4.60. The number of nitrogens with one attached hydrogen (secondary N) is 1. The van der Waals surface area contributed by atoms with Gasteiger partial charge in [-0.3, -0.25) is 0 Å². The number of aromatic nitrogens is 2. The molecule has 0 bridgehead atoms. The zero-order valence-electron chi connectivity index (χ0n) is 8.48. The van der Waals surface area contributed by atoms with Crippen LogP contribution in [0.3, 0.4) is 0 Å². The number of nitrogen functional groups attached to an aromatic ring is 1. The summed E-state index contributed by atoms with van der Waals surface area (Å²) in [7, 11) is 0. The van der Waals surface area contributed by atoms with E-state index < -0.39 is 0 Å². The zero-order chi connectivity index (χ0) is 12.3. The zero-order valence-corrected chi connectivity index (χ0v) is 10.8. The van der Waals surface area contributed by atoms with Gasteiger partial charge in [0.2, 0.25) is 0 Å². The predicted octanol–water partition coefficient (Wildman–Crippen LogP) is 2.71. The van der Waals surface area contributed by atoms with Gasteiger partial charge in [0.15, 0.2) is 10.8 Å². The van der Waals surface area contributed by atoms with Gasteiger partial charge in [-0.2, -0.15) is 0 Å². The summed E-state index contributed by atoms with van der Waals surface area (Å²) in [6.45, 7) is 0.194. The third-order valence-corrected chi connectivity index (χ3v) is 3.25. The molecule has 0 aliphatic rings. The lowest BCUT2D eigenvalue weighted by atomic mass is 10.3. The second-order valence-electron chi connectivity index (χ2n) is 3.03. The number of anilines is 1. The van der Waals surface area contributed by atoms with Crippen LogP contribution in [-0.2, 0) is 6.61 Å². The Morgan fingerprint density at radius 2 is 2.06 bits per heavy atom. The highest BCUT2D eigenvalue weighted by Crippen LogP contribution is 2.33. The summed E-state index contributed by atoms with van der Waals surface area (Å²) in [4.78, 5) is 0. The monoisotopic (exact) mass is 290 g/mol. The molecule has 0 aliphatic heterocycles. The van der Waals surface area contributed by atoms with Crippen LogP contribution in [0.2, 0.25) is 10.0 Å². The van der Waals surface area contributed by atoms with Crippen molar-refractivity contribution in [1.82, 2.24) is 9.59 Å². The standard InChI is InChI=1S/C9H8Cl2N4OS/c10-5-2-1-3-6(11)8(5)16-4-7-9(13-12)17-15-14-7/h1-3,13H,4,12H2. The summed E-state index contributed by atoms with van der Waals surface area (Å²) in [6.07, 6.45) is 0. The van der Waals surface area contributed by atoms with Gasteiger partial charge in [-0.25, -0.2) is 5.84 Å². The third-order valence-electron chi connectivity index (χ3n) is 1.96. The van der Waals surface area contributed by atoms with E-state index in [4.69, 9.17) is 33.8 Å². The first kappa shape index (κ1) is 12.4. The van der Waals surface area contributed by atoms with Gasteiger partial charge in [0.25, 0.3) is 0 Å². The number of benzene rings is 1. The van der Waals surface area contributed by atoms with E-state index in [1.165, 1.54) is 0 Å². The molecule has 1 aromatic carbocycles. The Morgan fingerprint density at radius 3 is 2.71 bits per heavy atom. The fourth-order valence-corrected chi connectivity index (χ4v) is 2.16. The first-order valence-electron chi connectivity index (χ1n) is 4.57. The molecule has 1 heterocycles. The minimum atomic E-state index is 0.194. The number of hydrazine groups is 1. The van der Waals surface area contributed by atoms with E-state index in [9.17, 15) is 0 Å². The normalized spacial score (nSPS) is 10.3. The van der Waals surface area contributed by atoms with Gasteiger partial charge in [0.1, 0.15) is 12.3 Å². The molecule has 0 saturated carbocycles. The first-order chi connectivity index (χ1) is 8.22. The highest BCUT2D eigenvalue weighted by Gasteiger charge is 2.11. The summed E-state index contributed by atoms with van der Waals surface area (Å²) in [5.74, 6) is 5.72. The lowest BCUT2D eigenvalue weighted by Crippen LogP contribution is -2.08. The number of halogens is 2. The summed E-state index contributed by atoms with van der Waals surface area (Å²) in [5.41, 5.74) is 3.09. The Morgan fingerprint density at radius 1 is 1.35 bits per heavy atom. The average Bonchev–Trinajstić information content (AvgIpc) is 2.76. The van der Waals surface area contributed by atoms with Crippen LogP contribution < -0.4 is 16.0 Å². The summed E-state index contributed by atoms with van der Waals surface area (Å²) < 4.78 is 9.25. The molecule has 8 heteroatoms. The minimum absolute atomic E-state index is 0.194. The predicted molar refractivity (Wildman–Crippen MR) is 68.5 cm³/mol. The molecule has 2 rings (SSSR count). The van der Waals surface area contributed by atoms with Crippen molar-refractivity contribution in [3.63, 3.8) is 0 Å². The highest BCUT2D eigenvalue weighted by molar-refractivity contribution is 7.10. The van der Waals surface area contributed by atoms with Crippen LogP contribution in [0.5, 0.6) is 5.75 Å². The fraction of sp³-hybridized carbons (Fsp3) is 0.111. The molecule has 0 saturated heterocycles. The molecular formula is C9H8Cl2N4OS. The van der Waals surface area contributed by atoms with Gasteiger partial charge < -0.3 is 10.2 Å². The van der Waals surface area contributed by atoms with E-state index in [-0.39, 0.29) is 6.61 Å². The molecule has 5 nitrogen and oxygen atoms in total. The van der Waals surface area contributed by atoms with E-state index in [1.807, 2.05) is 0 Å². The number of nitrogens with two attached hydrogens (primary N) is 1. The van der Waals surface area contributed by atoms with E-state index in [1.54, 1.807) is 18.2 Å². The lowest BCUT2D eigenvalue weighted by Gasteiger charge is -2.08. The van der Waals surface area contributed by atoms with Crippen molar-refractivity contribution in [2.75, 3.05) is 5.43 Å². The molecular weight excluding hydrogens is 283 g/mol. The molecule has 0 spiro atoms. The topological polar surface area (TPSA) is 73.1 Å². The minimum Gasteiger partial charge on any atom is -0.484 e. The van der Waals surface area contributed by atoms with Gasteiger partial charge in [0.05, 0.1) is 10.0 Å². The third kappa shape index (κ3) is 2.78. The van der Waals surface area contributed by atoms with Gasteiger partial charge in [-0.1, -0.05) is 33.8 Å². The summed E-state index contributed by atoms with van der Waals surface area (Å²) >= 11 is 13.1. The highest BCUT2D eigenvalue weighted by atomic mass is 35.5. The average molecular weight is 291 g/mol. The Kier molecular flexibility index (Phi) is 4.01. The van der Waals surface area contributed by atoms with Crippen LogP contribution >= 0.6 is 34.7 Å². The molecule has 2 aromatic rings. The fourth-order valence-electron chi connectivity index (χ4n) is 1.17.